The maximum absolute atomic E-state index is 5.79. The van der Waals surface area contributed by atoms with E-state index in [1.54, 1.807) is 0 Å². The number of morpholine rings is 1. The first-order valence-corrected chi connectivity index (χ1v) is 6.67. The molecule has 1 aromatic rings. The summed E-state index contributed by atoms with van der Waals surface area (Å²) >= 11 is 0. The first-order valence-electron chi connectivity index (χ1n) is 6.67. The molecule has 2 aliphatic rings. The smallest absolute Gasteiger partial charge is 0.163 e. The molecule has 0 amide bonds. The minimum absolute atomic E-state index is 0.0304. The molecule has 1 aromatic heterocycles. The molecule has 0 spiro atoms. The van der Waals surface area contributed by atoms with Crippen molar-refractivity contribution in [2.75, 3.05) is 32.9 Å². The van der Waals surface area contributed by atoms with E-state index in [0.29, 0.717) is 6.04 Å². The maximum atomic E-state index is 5.79. The molecule has 1 atom stereocenters. The van der Waals surface area contributed by atoms with E-state index in [1.165, 1.54) is 0 Å². The number of aromatic nitrogens is 3. The third-order valence-corrected chi connectivity index (χ3v) is 3.66. The second-order valence-corrected chi connectivity index (χ2v) is 4.88. The van der Waals surface area contributed by atoms with Gasteiger partial charge in [0.2, 0.25) is 0 Å². The lowest BCUT2D eigenvalue weighted by Gasteiger charge is -2.29. The number of nitrogens with one attached hydrogen (secondary N) is 1. The normalized spacial score (nSPS) is 26.4. The van der Waals surface area contributed by atoms with E-state index in [2.05, 4.69) is 20.1 Å². The largest absolute Gasteiger partial charge is 0.381 e. The van der Waals surface area contributed by atoms with E-state index in [4.69, 9.17) is 9.47 Å². The molecule has 100 valence electrons. The molecule has 0 bridgehead atoms. The molecule has 0 aromatic carbocycles. The fourth-order valence-corrected chi connectivity index (χ4v) is 2.73. The summed E-state index contributed by atoms with van der Waals surface area (Å²) in [5.41, 5.74) is 0. The summed E-state index contributed by atoms with van der Waals surface area (Å²) in [5, 5.41) is 11.9. The Morgan fingerprint density at radius 2 is 2.06 bits per heavy atom. The van der Waals surface area contributed by atoms with E-state index in [9.17, 15) is 0 Å². The second kappa shape index (κ2) is 5.34. The molecule has 0 radical (unpaired) electrons. The SMILES string of the molecule is Cc1nnc(C2CNCCO2)n1C1CCOCC1. The predicted octanol–water partition coefficient (Wildman–Crippen LogP) is 0.599. The van der Waals surface area contributed by atoms with Crippen molar-refractivity contribution in [2.24, 2.45) is 0 Å². The van der Waals surface area contributed by atoms with Crippen LogP contribution in [0, 0.1) is 6.92 Å². The van der Waals surface area contributed by atoms with Gasteiger partial charge in [-0.2, -0.15) is 0 Å². The van der Waals surface area contributed by atoms with E-state index < -0.39 is 0 Å². The second-order valence-electron chi connectivity index (χ2n) is 4.88. The lowest BCUT2D eigenvalue weighted by molar-refractivity contribution is 0.0147. The zero-order valence-corrected chi connectivity index (χ0v) is 10.8. The third-order valence-electron chi connectivity index (χ3n) is 3.66. The minimum Gasteiger partial charge on any atom is -0.381 e. The highest BCUT2D eigenvalue weighted by Gasteiger charge is 2.27. The van der Waals surface area contributed by atoms with Gasteiger partial charge in [-0.3, -0.25) is 0 Å². The van der Waals surface area contributed by atoms with Gasteiger partial charge in [-0.1, -0.05) is 0 Å². The lowest BCUT2D eigenvalue weighted by atomic mass is 10.1. The van der Waals surface area contributed by atoms with Crippen molar-refractivity contribution in [1.29, 1.82) is 0 Å². The predicted molar refractivity (Wildman–Crippen MR) is 65.4 cm³/mol. The van der Waals surface area contributed by atoms with Gasteiger partial charge in [0.05, 0.1) is 6.61 Å². The van der Waals surface area contributed by atoms with Crippen LogP contribution in [0.5, 0.6) is 0 Å². The van der Waals surface area contributed by atoms with Crippen LogP contribution in [0.1, 0.15) is 36.6 Å². The van der Waals surface area contributed by atoms with Gasteiger partial charge >= 0.3 is 0 Å². The van der Waals surface area contributed by atoms with Gasteiger partial charge < -0.3 is 19.4 Å². The van der Waals surface area contributed by atoms with Crippen LogP contribution < -0.4 is 5.32 Å². The zero-order valence-electron chi connectivity index (χ0n) is 10.8. The van der Waals surface area contributed by atoms with Crippen LogP contribution in [0.15, 0.2) is 0 Å². The Bertz CT molecular complexity index is 395. The summed E-state index contributed by atoms with van der Waals surface area (Å²) in [6.45, 7) is 6.14. The summed E-state index contributed by atoms with van der Waals surface area (Å²) < 4.78 is 13.5. The monoisotopic (exact) mass is 252 g/mol. The number of hydrogen-bond donors (Lipinski definition) is 1. The highest BCUT2D eigenvalue weighted by atomic mass is 16.5. The Kier molecular flexibility index (Phi) is 3.58. The van der Waals surface area contributed by atoms with Crippen molar-refractivity contribution >= 4 is 0 Å². The molecule has 2 aliphatic heterocycles. The Labute approximate surface area is 107 Å². The number of ether oxygens (including phenoxy) is 2. The molecule has 0 saturated carbocycles. The van der Waals surface area contributed by atoms with Crippen LogP contribution in [0.25, 0.3) is 0 Å². The molecule has 0 aliphatic carbocycles. The number of aryl methyl sites for hydroxylation is 1. The Morgan fingerprint density at radius 1 is 1.22 bits per heavy atom. The van der Waals surface area contributed by atoms with Gasteiger partial charge in [-0.15, -0.1) is 10.2 Å². The summed E-state index contributed by atoms with van der Waals surface area (Å²) in [4.78, 5) is 0. The lowest BCUT2D eigenvalue weighted by Crippen LogP contribution is -2.35. The summed E-state index contributed by atoms with van der Waals surface area (Å²) in [6, 6.07) is 0.453. The molecule has 3 rings (SSSR count). The highest BCUT2D eigenvalue weighted by Crippen LogP contribution is 2.27. The topological polar surface area (TPSA) is 61.2 Å². The third kappa shape index (κ3) is 2.28. The summed E-state index contributed by atoms with van der Waals surface area (Å²) in [5.74, 6) is 1.94. The molecule has 18 heavy (non-hydrogen) atoms. The fourth-order valence-electron chi connectivity index (χ4n) is 2.73. The summed E-state index contributed by atoms with van der Waals surface area (Å²) in [6.07, 6.45) is 2.10. The van der Waals surface area contributed by atoms with Gasteiger partial charge in [-0.05, 0) is 19.8 Å². The minimum atomic E-state index is 0.0304. The highest BCUT2D eigenvalue weighted by molar-refractivity contribution is 5.02. The van der Waals surface area contributed by atoms with Gasteiger partial charge in [0.15, 0.2) is 5.82 Å². The van der Waals surface area contributed by atoms with Crippen molar-refractivity contribution in [2.45, 2.75) is 31.9 Å². The standard InChI is InChI=1S/C12H20N4O2/c1-9-14-15-12(11-8-13-4-7-18-11)16(9)10-2-5-17-6-3-10/h10-11,13H,2-8H2,1H3. The van der Waals surface area contributed by atoms with Crippen molar-refractivity contribution in [3.05, 3.63) is 11.6 Å². The fraction of sp³-hybridized carbons (Fsp3) is 0.833. The van der Waals surface area contributed by atoms with Crippen LogP contribution in [0.3, 0.4) is 0 Å². The Hall–Kier alpha value is -0.980. The van der Waals surface area contributed by atoms with E-state index in [-0.39, 0.29) is 6.10 Å². The number of rotatable bonds is 2. The van der Waals surface area contributed by atoms with Gasteiger partial charge in [0.25, 0.3) is 0 Å². The van der Waals surface area contributed by atoms with Crippen LogP contribution in [-0.2, 0) is 9.47 Å². The van der Waals surface area contributed by atoms with E-state index in [1.807, 2.05) is 6.92 Å². The van der Waals surface area contributed by atoms with Crippen molar-refractivity contribution in [3.63, 3.8) is 0 Å². The molecule has 3 heterocycles. The van der Waals surface area contributed by atoms with E-state index >= 15 is 0 Å². The zero-order chi connectivity index (χ0) is 12.4. The molecule has 2 fully saturated rings. The molecule has 2 saturated heterocycles. The Morgan fingerprint density at radius 3 is 2.78 bits per heavy atom. The molecule has 6 nitrogen and oxygen atoms in total. The van der Waals surface area contributed by atoms with Gasteiger partial charge in [-0.25, -0.2) is 0 Å². The molecule has 1 unspecified atom stereocenters. The van der Waals surface area contributed by atoms with Gasteiger partial charge in [0, 0.05) is 32.3 Å². The number of nitrogens with zero attached hydrogens (tertiary/aromatic N) is 3. The molecule has 6 heteroatoms. The summed E-state index contributed by atoms with van der Waals surface area (Å²) in [7, 11) is 0. The van der Waals surface area contributed by atoms with Crippen molar-refractivity contribution < 1.29 is 9.47 Å². The van der Waals surface area contributed by atoms with Crippen LogP contribution in [-0.4, -0.2) is 47.7 Å². The first-order chi connectivity index (χ1) is 8.86. The molecular formula is C12H20N4O2. The van der Waals surface area contributed by atoms with E-state index in [0.717, 1.165) is 57.4 Å². The quantitative estimate of drug-likeness (QED) is 0.835. The van der Waals surface area contributed by atoms with Crippen LogP contribution >= 0.6 is 0 Å². The average Bonchev–Trinajstić information content (AvgIpc) is 2.83. The van der Waals surface area contributed by atoms with Crippen LogP contribution in [0.2, 0.25) is 0 Å². The average molecular weight is 252 g/mol. The maximum Gasteiger partial charge on any atom is 0.163 e. The van der Waals surface area contributed by atoms with Crippen molar-refractivity contribution in [3.8, 4) is 0 Å². The molecular weight excluding hydrogens is 232 g/mol. The number of hydrogen-bond acceptors (Lipinski definition) is 5. The van der Waals surface area contributed by atoms with Crippen molar-refractivity contribution in [1.82, 2.24) is 20.1 Å². The molecule has 1 N–H and O–H groups in total. The first kappa shape index (κ1) is 12.1. The van der Waals surface area contributed by atoms with Crippen LogP contribution in [0.4, 0.5) is 0 Å². The van der Waals surface area contributed by atoms with Gasteiger partial charge in [0.1, 0.15) is 11.9 Å². The Balaban J connectivity index is 1.85.